The van der Waals surface area contributed by atoms with Crippen LogP contribution < -0.4 is 10.5 Å². The minimum Gasteiger partial charge on any atom is -0.398 e. The Morgan fingerprint density at radius 1 is 1.24 bits per heavy atom. The standard InChI is InChI=1S/C15H23BrN2O2S/c1-2-11-3-5-12(6-4-11)10-18-21(19,20)15-8-7-13(16)9-14(15)17/h7-9,11-12,18H,2-6,10,17H2,1H3. The van der Waals surface area contributed by atoms with Crippen LogP contribution in [0.25, 0.3) is 0 Å². The lowest BCUT2D eigenvalue weighted by Crippen LogP contribution is -2.31. The number of nitrogens with two attached hydrogens (primary N) is 1. The van der Waals surface area contributed by atoms with Crippen LogP contribution in [0.3, 0.4) is 0 Å². The highest BCUT2D eigenvalue weighted by molar-refractivity contribution is 9.10. The molecule has 0 radical (unpaired) electrons. The van der Waals surface area contributed by atoms with Crippen LogP contribution in [-0.2, 0) is 10.0 Å². The fourth-order valence-corrected chi connectivity index (χ4v) is 4.52. The van der Waals surface area contributed by atoms with E-state index < -0.39 is 10.0 Å². The van der Waals surface area contributed by atoms with E-state index in [1.54, 1.807) is 12.1 Å². The largest absolute Gasteiger partial charge is 0.398 e. The van der Waals surface area contributed by atoms with E-state index in [9.17, 15) is 8.42 Å². The molecule has 0 aromatic heterocycles. The van der Waals surface area contributed by atoms with Gasteiger partial charge in [0.05, 0.1) is 5.69 Å². The van der Waals surface area contributed by atoms with Gasteiger partial charge in [0.2, 0.25) is 10.0 Å². The zero-order chi connectivity index (χ0) is 15.5. The molecule has 0 atom stereocenters. The number of hydrogen-bond donors (Lipinski definition) is 2. The van der Waals surface area contributed by atoms with E-state index in [0.717, 1.165) is 23.2 Å². The number of hydrogen-bond acceptors (Lipinski definition) is 3. The molecule has 1 aromatic rings. The summed E-state index contributed by atoms with van der Waals surface area (Å²) < 4.78 is 28.1. The van der Waals surface area contributed by atoms with Crippen LogP contribution in [-0.4, -0.2) is 15.0 Å². The highest BCUT2D eigenvalue weighted by atomic mass is 79.9. The molecule has 2 rings (SSSR count). The number of halogens is 1. The van der Waals surface area contributed by atoms with Crippen molar-refractivity contribution in [2.75, 3.05) is 12.3 Å². The molecule has 118 valence electrons. The Hall–Kier alpha value is -0.590. The molecule has 4 nitrogen and oxygen atoms in total. The predicted octanol–water partition coefficient (Wildman–Crippen LogP) is 3.53. The van der Waals surface area contributed by atoms with Crippen molar-refractivity contribution in [3.05, 3.63) is 22.7 Å². The highest BCUT2D eigenvalue weighted by Crippen LogP contribution is 2.30. The van der Waals surface area contributed by atoms with Gasteiger partial charge in [-0.1, -0.05) is 42.1 Å². The van der Waals surface area contributed by atoms with Gasteiger partial charge in [-0.05, 0) is 42.9 Å². The summed E-state index contributed by atoms with van der Waals surface area (Å²) in [6.45, 7) is 2.73. The normalized spacial score (nSPS) is 23.1. The summed E-state index contributed by atoms with van der Waals surface area (Å²) in [6.07, 6.45) is 5.87. The fraction of sp³-hybridized carbons (Fsp3) is 0.600. The van der Waals surface area contributed by atoms with E-state index in [2.05, 4.69) is 27.6 Å². The van der Waals surface area contributed by atoms with Gasteiger partial charge >= 0.3 is 0 Å². The van der Waals surface area contributed by atoms with Crippen LogP contribution in [0.1, 0.15) is 39.0 Å². The number of benzene rings is 1. The molecule has 21 heavy (non-hydrogen) atoms. The average molecular weight is 375 g/mol. The quantitative estimate of drug-likeness (QED) is 0.774. The third-order valence-corrected chi connectivity index (χ3v) is 6.36. The maximum atomic E-state index is 12.3. The van der Waals surface area contributed by atoms with E-state index in [1.807, 2.05) is 0 Å². The SMILES string of the molecule is CCC1CCC(CNS(=O)(=O)c2ccc(Br)cc2N)CC1. The molecule has 1 aromatic carbocycles. The molecular weight excluding hydrogens is 352 g/mol. The van der Waals surface area contributed by atoms with Gasteiger partial charge in [0.15, 0.2) is 0 Å². The summed E-state index contributed by atoms with van der Waals surface area (Å²) >= 11 is 3.28. The van der Waals surface area contributed by atoms with E-state index >= 15 is 0 Å². The monoisotopic (exact) mass is 374 g/mol. The first kappa shape index (κ1) is 16.8. The van der Waals surface area contributed by atoms with Gasteiger partial charge in [-0.3, -0.25) is 0 Å². The first-order valence-corrected chi connectivity index (χ1v) is 9.74. The van der Waals surface area contributed by atoms with Crippen molar-refractivity contribution < 1.29 is 8.42 Å². The molecule has 1 aliphatic rings. The molecule has 0 unspecified atom stereocenters. The average Bonchev–Trinajstić information content (AvgIpc) is 2.45. The molecule has 0 heterocycles. The second kappa shape index (κ2) is 7.11. The first-order valence-electron chi connectivity index (χ1n) is 7.47. The smallest absolute Gasteiger partial charge is 0.242 e. The van der Waals surface area contributed by atoms with E-state index in [0.29, 0.717) is 12.5 Å². The van der Waals surface area contributed by atoms with Crippen molar-refractivity contribution in [3.63, 3.8) is 0 Å². The van der Waals surface area contributed by atoms with E-state index in [-0.39, 0.29) is 10.6 Å². The second-order valence-corrected chi connectivity index (χ2v) is 8.48. The third kappa shape index (κ3) is 4.44. The lowest BCUT2D eigenvalue weighted by Gasteiger charge is -2.27. The molecule has 1 aliphatic carbocycles. The van der Waals surface area contributed by atoms with Crippen molar-refractivity contribution >= 4 is 31.6 Å². The zero-order valence-electron chi connectivity index (χ0n) is 12.3. The van der Waals surface area contributed by atoms with Crippen molar-refractivity contribution in [2.24, 2.45) is 11.8 Å². The maximum absolute atomic E-state index is 12.3. The Kier molecular flexibility index (Phi) is 5.68. The number of rotatable bonds is 5. The van der Waals surface area contributed by atoms with E-state index in [4.69, 9.17) is 5.73 Å². The maximum Gasteiger partial charge on any atom is 0.242 e. The summed E-state index contributed by atoms with van der Waals surface area (Å²) in [5.74, 6) is 1.26. The highest BCUT2D eigenvalue weighted by Gasteiger charge is 2.23. The van der Waals surface area contributed by atoms with Crippen LogP contribution in [0.15, 0.2) is 27.6 Å². The van der Waals surface area contributed by atoms with Gasteiger partial charge < -0.3 is 5.73 Å². The number of nitrogens with one attached hydrogen (secondary N) is 1. The van der Waals surface area contributed by atoms with Gasteiger partial charge in [-0.2, -0.15) is 0 Å². The molecule has 3 N–H and O–H groups in total. The Labute approximate surface area is 135 Å². The van der Waals surface area contributed by atoms with Crippen LogP contribution >= 0.6 is 15.9 Å². The lowest BCUT2D eigenvalue weighted by atomic mass is 9.81. The van der Waals surface area contributed by atoms with Crippen LogP contribution in [0.4, 0.5) is 5.69 Å². The molecule has 0 spiro atoms. The predicted molar refractivity (Wildman–Crippen MR) is 89.5 cm³/mol. The van der Waals surface area contributed by atoms with Gasteiger partial charge in [0, 0.05) is 11.0 Å². The fourth-order valence-electron chi connectivity index (χ4n) is 2.91. The van der Waals surface area contributed by atoms with Gasteiger partial charge in [0.1, 0.15) is 4.90 Å². The summed E-state index contributed by atoms with van der Waals surface area (Å²) in [5, 5.41) is 0. The summed E-state index contributed by atoms with van der Waals surface area (Å²) in [4.78, 5) is 0.160. The minimum atomic E-state index is -3.52. The Morgan fingerprint density at radius 3 is 2.43 bits per heavy atom. The Morgan fingerprint density at radius 2 is 1.86 bits per heavy atom. The van der Waals surface area contributed by atoms with Crippen LogP contribution in [0.2, 0.25) is 0 Å². The van der Waals surface area contributed by atoms with Gasteiger partial charge in [-0.15, -0.1) is 0 Å². The van der Waals surface area contributed by atoms with Crippen molar-refractivity contribution in [1.29, 1.82) is 0 Å². The number of sulfonamides is 1. The second-order valence-electron chi connectivity index (χ2n) is 5.83. The lowest BCUT2D eigenvalue weighted by molar-refractivity contribution is 0.270. The summed E-state index contributed by atoms with van der Waals surface area (Å²) in [6, 6.07) is 4.84. The van der Waals surface area contributed by atoms with Crippen LogP contribution in [0, 0.1) is 11.8 Å². The van der Waals surface area contributed by atoms with Crippen LogP contribution in [0.5, 0.6) is 0 Å². The molecule has 1 fully saturated rings. The molecule has 0 bridgehead atoms. The zero-order valence-corrected chi connectivity index (χ0v) is 14.7. The summed E-state index contributed by atoms with van der Waals surface area (Å²) in [7, 11) is -3.52. The van der Waals surface area contributed by atoms with Gasteiger partial charge in [-0.25, -0.2) is 13.1 Å². The number of anilines is 1. The Bertz CT molecular complexity index is 581. The Balaban J connectivity index is 1.96. The molecule has 0 amide bonds. The van der Waals surface area contributed by atoms with Crippen molar-refractivity contribution in [3.8, 4) is 0 Å². The summed E-state index contributed by atoms with van der Waals surface area (Å²) in [5.41, 5.74) is 6.07. The molecular formula is C15H23BrN2O2S. The first-order chi connectivity index (χ1) is 9.92. The molecule has 1 saturated carbocycles. The molecule has 6 heteroatoms. The molecule has 0 saturated heterocycles. The third-order valence-electron chi connectivity index (χ3n) is 4.37. The van der Waals surface area contributed by atoms with Crippen molar-refractivity contribution in [1.82, 2.24) is 4.72 Å². The molecule has 0 aliphatic heterocycles. The van der Waals surface area contributed by atoms with Crippen molar-refractivity contribution in [2.45, 2.75) is 43.9 Å². The number of nitrogen functional groups attached to an aromatic ring is 1. The topological polar surface area (TPSA) is 72.2 Å². The minimum absolute atomic E-state index is 0.160. The van der Waals surface area contributed by atoms with Gasteiger partial charge in [0.25, 0.3) is 0 Å². The van der Waals surface area contributed by atoms with E-state index in [1.165, 1.54) is 25.3 Å².